The Kier molecular flexibility index (Phi) is 5.56. The van der Waals surface area contributed by atoms with Crippen LogP contribution in [0.1, 0.15) is 27.0 Å². The van der Waals surface area contributed by atoms with Crippen molar-refractivity contribution in [1.82, 2.24) is 19.5 Å². The largest absolute Gasteiger partial charge is 0.394 e. The lowest BCUT2D eigenvalue weighted by molar-refractivity contribution is -0.118. The van der Waals surface area contributed by atoms with Gasteiger partial charge in [0.2, 0.25) is 11.9 Å². The number of aliphatic hydroxyl groups is 2. The summed E-state index contributed by atoms with van der Waals surface area (Å²) in [4.78, 5) is 35.0. The first-order valence-electron chi connectivity index (χ1n) is 8.71. The predicted octanol–water partition coefficient (Wildman–Crippen LogP) is -0.630. The standard InChI is InChI=1S/C16H23N5O6/c1-4-26-11-10(23)8(5-22)27-15(11)21-6-17-9-12(21)18-16(20-14(9)25)19-13(24)7(2)3/h6-8,10-11,15,22-23H,4-5H2,1-3H3,(H2,18,19,20,24,25)/t8-,10?,11+,15-/m1/s1. The molecule has 1 fully saturated rings. The Labute approximate surface area is 154 Å². The number of ether oxygens (including phenoxy) is 2. The Bertz CT molecular complexity index is 878. The van der Waals surface area contributed by atoms with Gasteiger partial charge in [0.15, 0.2) is 17.4 Å². The van der Waals surface area contributed by atoms with E-state index in [0.717, 1.165) is 0 Å². The van der Waals surface area contributed by atoms with Crippen LogP contribution in [0.25, 0.3) is 11.2 Å². The molecule has 148 valence electrons. The van der Waals surface area contributed by atoms with Crippen LogP contribution in [0.5, 0.6) is 0 Å². The fourth-order valence-corrected chi connectivity index (χ4v) is 2.90. The summed E-state index contributed by atoms with van der Waals surface area (Å²) in [5.41, 5.74) is -0.306. The molecule has 4 atom stereocenters. The molecule has 1 amide bonds. The quantitative estimate of drug-likeness (QED) is 0.516. The first-order valence-corrected chi connectivity index (χ1v) is 8.71. The molecule has 0 bridgehead atoms. The number of rotatable bonds is 6. The molecule has 0 radical (unpaired) electrons. The summed E-state index contributed by atoms with van der Waals surface area (Å²) < 4.78 is 12.7. The van der Waals surface area contributed by atoms with E-state index >= 15 is 0 Å². The van der Waals surface area contributed by atoms with Crippen LogP contribution in [0.2, 0.25) is 0 Å². The van der Waals surface area contributed by atoms with E-state index in [9.17, 15) is 19.8 Å². The second-order valence-corrected chi connectivity index (χ2v) is 6.54. The zero-order valence-electron chi connectivity index (χ0n) is 15.2. The van der Waals surface area contributed by atoms with E-state index in [2.05, 4.69) is 20.3 Å². The van der Waals surface area contributed by atoms with E-state index in [1.807, 2.05) is 0 Å². The lowest BCUT2D eigenvalue weighted by Crippen LogP contribution is -2.35. The van der Waals surface area contributed by atoms with Gasteiger partial charge in [-0.15, -0.1) is 0 Å². The van der Waals surface area contributed by atoms with Crippen molar-refractivity contribution in [2.45, 2.75) is 45.3 Å². The highest BCUT2D eigenvalue weighted by atomic mass is 16.6. The van der Waals surface area contributed by atoms with Crippen molar-refractivity contribution in [3.05, 3.63) is 16.7 Å². The van der Waals surface area contributed by atoms with Gasteiger partial charge in [-0.2, -0.15) is 4.98 Å². The smallest absolute Gasteiger partial charge is 0.280 e. The monoisotopic (exact) mass is 381 g/mol. The number of aromatic amines is 1. The number of amides is 1. The Morgan fingerprint density at radius 1 is 1.52 bits per heavy atom. The molecule has 0 aliphatic carbocycles. The minimum atomic E-state index is -1.06. The van der Waals surface area contributed by atoms with Gasteiger partial charge in [0.25, 0.3) is 5.56 Å². The number of fused-ring (bicyclic) bond motifs is 1. The third-order valence-corrected chi connectivity index (χ3v) is 4.32. The van der Waals surface area contributed by atoms with E-state index in [1.165, 1.54) is 10.9 Å². The van der Waals surface area contributed by atoms with E-state index < -0.39 is 36.7 Å². The molecular weight excluding hydrogens is 358 g/mol. The Morgan fingerprint density at radius 3 is 2.89 bits per heavy atom. The van der Waals surface area contributed by atoms with Crippen LogP contribution in [0.3, 0.4) is 0 Å². The van der Waals surface area contributed by atoms with Crippen LogP contribution in [0.15, 0.2) is 11.1 Å². The summed E-state index contributed by atoms with van der Waals surface area (Å²) in [5, 5.41) is 22.3. The number of nitrogens with zero attached hydrogens (tertiary/aromatic N) is 3. The molecule has 3 heterocycles. The number of H-pyrrole nitrogens is 1. The van der Waals surface area contributed by atoms with Gasteiger partial charge in [-0.05, 0) is 6.92 Å². The first-order chi connectivity index (χ1) is 12.9. The van der Waals surface area contributed by atoms with E-state index in [1.54, 1.807) is 20.8 Å². The molecule has 27 heavy (non-hydrogen) atoms. The fourth-order valence-electron chi connectivity index (χ4n) is 2.90. The lowest BCUT2D eigenvalue weighted by Gasteiger charge is -2.21. The van der Waals surface area contributed by atoms with Crippen LogP contribution >= 0.6 is 0 Å². The van der Waals surface area contributed by atoms with E-state index in [-0.39, 0.29) is 28.9 Å². The summed E-state index contributed by atoms with van der Waals surface area (Å²) in [6.45, 7) is 5.12. The van der Waals surface area contributed by atoms with E-state index in [0.29, 0.717) is 6.61 Å². The molecule has 1 aliphatic heterocycles. The number of carbonyl (C=O) groups excluding carboxylic acids is 1. The molecular formula is C16H23N5O6. The molecule has 2 aromatic heterocycles. The van der Waals surface area contributed by atoms with Crippen molar-refractivity contribution < 1.29 is 24.5 Å². The third-order valence-electron chi connectivity index (χ3n) is 4.32. The van der Waals surface area contributed by atoms with Crippen molar-refractivity contribution in [2.24, 2.45) is 5.92 Å². The van der Waals surface area contributed by atoms with Crippen molar-refractivity contribution in [3.63, 3.8) is 0 Å². The highest BCUT2D eigenvalue weighted by Crippen LogP contribution is 2.33. The van der Waals surface area contributed by atoms with Gasteiger partial charge in [-0.25, -0.2) is 4.98 Å². The van der Waals surface area contributed by atoms with Crippen molar-refractivity contribution in [2.75, 3.05) is 18.5 Å². The first kappa shape index (κ1) is 19.4. The molecule has 1 unspecified atom stereocenters. The molecule has 0 aromatic carbocycles. The van der Waals surface area contributed by atoms with Crippen LogP contribution in [0, 0.1) is 5.92 Å². The minimum Gasteiger partial charge on any atom is -0.394 e. The zero-order valence-corrected chi connectivity index (χ0v) is 15.2. The average Bonchev–Trinajstić information content (AvgIpc) is 3.17. The summed E-state index contributed by atoms with van der Waals surface area (Å²) >= 11 is 0. The second kappa shape index (κ2) is 7.72. The molecule has 4 N–H and O–H groups in total. The van der Waals surface area contributed by atoms with Gasteiger partial charge >= 0.3 is 0 Å². The minimum absolute atomic E-state index is 0.0156. The van der Waals surface area contributed by atoms with Gasteiger partial charge < -0.3 is 19.7 Å². The number of imidazole rings is 1. The number of hydrogen-bond acceptors (Lipinski definition) is 8. The van der Waals surface area contributed by atoms with Gasteiger partial charge in [0, 0.05) is 12.5 Å². The number of nitrogens with one attached hydrogen (secondary N) is 2. The summed E-state index contributed by atoms with van der Waals surface area (Å²) in [5.74, 6) is -0.612. The van der Waals surface area contributed by atoms with E-state index in [4.69, 9.17) is 9.47 Å². The molecule has 3 rings (SSSR count). The maximum Gasteiger partial charge on any atom is 0.280 e. The van der Waals surface area contributed by atoms with Gasteiger partial charge in [-0.1, -0.05) is 13.8 Å². The highest BCUT2D eigenvalue weighted by Gasteiger charge is 2.45. The topological polar surface area (TPSA) is 152 Å². The molecule has 0 saturated carbocycles. The summed E-state index contributed by atoms with van der Waals surface area (Å²) in [6.07, 6.45) is -2.17. The van der Waals surface area contributed by atoms with Crippen LogP contribution in [0.4, 0.5) is 5.95 Å². The summed E-state index contributed by atoms with van der Waals surface area (Å²) in [6, 6.07) is 0. The Morgan fingerprint density at radius 2 is 2.26 bits per heavy atom. The lowest BCUT2D eigenvalue weighted by atomic mass is 10.1. The zero-order chi connectivity index (χ0) is 19.7. The molecule has 11 heteroatoms. The highest BCUT2D eigenvalue weighted by molar-refractivity contribution is 5.91. The SMILES string of the molecule is CCO[C@H]1C(O)[C@@H](CO)O[C@H]1n1cnc2c(=O)[nH]c(NC(=O)C(C)C)nc21. The fraction of sp³-hybridized carbons (Fsp3) is 0.625. The van der Waals surface area contributed by atoms with Crippen LogP contribution in [-0.2, 0) is 14.3 Å². The van der Waals surface area contributed by atoms with Gasteiger partial charge in [0.1, 0.15) is 18.3 Å². The number of aromatic nitrogens is 4. The van der Waals surface area contributed by atoms with Crippen molar-refractivity contribution in [1.29, 1.82) is 0 Å². The Balaban J connectivity index is 2.02. The van der Waals surface area contributed by atoms with Crippen molar-refractivity contribution in [3.8, 4) is 0 Å². The van der Waals surface area contributed by atoms with Gasteiger partial charge in [-0.3, -0.25) is 24.5 Å². The van der Waals surface area contributed by atoms with Gasteiger partial charge in [0.05, 0.1) is 12.9 Å². The second-order valence-electron chi connectivity index (χ2n) is 6.54. The predicted molar refractivity (Wildman–Crippen MR) is 94.0 cm³/mol. The average molecular weight is 381 g/mol. The normalized spacial score (nSPS) is 25.4. The number of hydrogen-bond donors (Lipinski definition) is 4. The summed E-state index contributed by atoms with van der Waals surface area (Å²) in [7, 11) is 0. The number of aliphatic hydroxyl groups excluding tert-OH is 2. The molecule has 1 saturated heterocycles. The van der Waals surface area contributed by atoms with Crippen molar-refractivity contribution >= 4 is 23.0 Å². The van der Waals surface area contributed by atoms with Crippen LogP contribution < -0.4 is 10.9 Å². The maximum atomic E-state index is 12.3. The van der Waals surface area contributed by atoms with Crippen LogP contribution in [-0.4, -0.2) is 67.2 Å². The third kappa shape index (κ3) is 3.58. The Hall–Kier alpha value is -2.34. The molecule has 1 aliphatic rings. The number of carbonyl (C=O) groups is 1. The molecule has 11 nitrogen and oxygen atoms in total. The maximum absolute atomic E-state index is 12.3. The molecule has 2 aromatic rings. The molecule has 0 spiro atoms. The number of anilines is 1.